The summed E-state index contributed by atoms with van der Waals surface area (Å²) >= 11 is 0. The van der Waals surface area contributed by atoms with Gasteiger partial charge in [-0.15, -0.1) is 0 Å². The number of carbonyl (C=O) groups is 1. The second-order valence-electron chi connectivity index (χ2n) is 15.2. The highest BCUT2D eigenvalue weighted by Crippen LogP contribution is 2.21. The van der Waals surface area contributed by atoms with Crippen LogP contribution in [-0.2, 0) is 4.79 Å². The van der Waals surface area contributed by atoms with Crippen LogP contribution in [-0.4, -0.2) is 63.2 Å². The molecule has 0 bridgehead atoms. The Labute approximate surface area is 608 Å². The molecule has 95 heavy (non-hydrogen) atoms. The summed E-state index contributed by atoms with van der Waals surface area (Å²) in [7, 11) is 0. The number of hydrogen-bond donors (Lipinski definition) is 2. The van der Waals surface area contributed by atoms with Crippen molar-refractivity contribution < 1.29 is 4.79 Å². The van der Waals surface area contributed by atoms with Crippen molar-refractivity contribution in [2.75, 3.05) is 26.2 Å². The smallest absolute Gasteiger partial charge is 0.173 e. The van der Waals surface area contributed by atoms with Gasteiger partial charge < -0.3 is 5.43 Å². The van der Waals surface area contributed by atoms with Crippen molar-refractivity contribution in [2.45, 2.75) is 398 Å². The third-order valence-electron chi connectivity index (χ3n) is 9.39. The van der Waals surface area contributed by atoms with Gasteiger partial charge in [-0.3, -0.25) is 29.8 Å². The Morgan fingerprint density at radius 3 is 0.811 bits per heavy atom. The lowest BCUT2D eigenvalue weighted by atomic mass is 9.97. The van der Waals surface area contributed by atoms with Gasteiger partial charge in [0.05, 0.1) is 19.1 Å². The summed E-state index contributed by atoms with van der Waals surface area (Å²) in [5.41, 5.74) is 14.3. The predicted octanol–water partition coefficient (Wildman–Crippen LogP) is 31.6. The summed E-state index contributed by atoms with van der Waals surface area (Å²) in [4.78, 5) is 29.8. The van der Waals surface area contributed by atoms with Crippen LogP contribution in [0.1, 0.15) is 398 Å². The maximum atomic E-state index is 10.3. The molecule has 0 aromatic rings. The van der Waals surface area contributed by atoms with Crippen LogP contribution in [0.2, 0.25) is 0 Å². The standard InChI is InChI=1S/C7H12.C7H10.C6H9N.C6H10.C6H8.C5H7NO.2C5H7N.C3H7N3.18C2H6.CH4/c2*1-7-5-3-2-4-6-7;1-6-4-2-3-5-7-6;2*1-6-4-2-3-5-6;7-5-2-1-3-6-4-5;1-5-2-3-6-4-5;1-5-3-2-4-6-5;1-2-5-6-3-4-1;18*1-2;/h1-6H2;3,5H,1-2,4,6H2;5H,1-4H2;1-5H2;2,4H,1,3,5H2;4H,1-3H2;2*4H,1-3H2;3,5H,1-2H2,(H,4,6);18*1-2H3;1H4. The molecule has 2 saturated carbocycles. The summed E-state index contributed by atoms with van der Waals surface area (Å²) in [5.74, 6) is 0.172. The molecule has 0 aromatic heterocycles. The molecule has 0 radical (unpaired) electrons. The van der Waals surface area contributed by atoms with Crippen LogP contribution in [0.3, 0.4) is 0 Å². The first-order valence-corrected chi connectivity index (χ1v) is 39.7. The van der Waals surface area contributed by atoms with Crippen molar-refractivity contribution in [2.24, 2.45) is 25.0 Å². The van der Waals surface area contributed by atoms with E-state index in [1.165, 1.54) is 125 Å². The summed E-state index contributed by atoms with van der Waals surface area (Å²) in [5, 5.41) is 0. The molecule has 0 amide bonds. The molecule has 2 fully saturated rings. The molecular formula is C87H189N7O. The van der Waals surface area contributed by atoms with Gasteiger partial charge in [0.2, 0.25) is 0 Å². The first kappa shape index (κ1) is 142. The Balaban J connectivity index is -0.0000000379. The van der Waals surface area contributed by atoms with Crippen LogP contribution < -0.4 is 10.9 Å². The van der Waals surface area contributed by atoms with Crippen LogP contribution >= 0.6 is 0 Å². The first-order chi connectivity index (χ1) is 46.2. The Morgan fingerprint density at radius 1 is 0.316 bits per heavy atom. The second kappa shape index (κ2) is 185. The van der Waals surface area contributed by atoms with Gasteiger partial charge in [-0.2, -0.15) is 0 Å². The topological polar surface area (TPSA) is 103 Å². The minimum atomic E-state index is 0. The number of aliphatic imine (C=N–C) groups is 5. The quantitative estimate of drug-likeness (QED) is 0.236. The molecule has 0 spiro atoms. The molecule has 578 valence electrons. The lowest BCUT2D eigenvalue weighted by Gasteiger charge is -2.10. The van der Waals surface area contributed by atoms with Gasteiger partial charge >= 0.3 is 0 Å². The number of Topliss-reactive ketones (excluding diaryl/α,β-unsaturated/α-hetero) is 1. The Bertz CT molecular complexity index is 1340. The van der Waals surface area contributed by atoms with Gasteiger partial charge in [0.15, 0.2) is 5.78 Å². The highest BCUT2D eigenvalue weighted by Gasteiger charge is 2.02. The van der Waals surface area contributed by atoms with Crippen molar-refractivity contribution >= 4 is 37.0 Å². The number of nitrogens with zero attached hydrogens (tertiary/aromatic N) is 5. The van der Waals surface area contributed by atoms with Crippen LogP contribution in [0.5, 0.6) is 0 Å². The summed E-state index contributed by atoms with van der Waals surface area (Å²) in [6, 6.07) is 0. The minimum absolute atomic E-state index is 0. The van der Waals surface area contributed by atoms with Crippen LogP contribution in [0.15, 0.2) is 135 Å². The van der Waals surface area contributed by atoms with Crippen LogP contribution in [0.25, 0.3) is 0 Å². The van der Waals surface area contributed by atoms with Crippen LogP contribution in [0, 0.1) is 0 Å². The molecule has 8 nitrogen and oxygen atoms in total. The lowest BCUT2D eigenvalue weighted by Crippen LogP contribution is -2.36. The number of allylic oxidation sites excluding steroid dienone is 10. The van der Waals surface area contributed by atoms with E-state index in [4.69, 9.17) is 0 Å². The van der Waals surface area contributed by atoms with E-state index in [1.54, 1.807) is 6.34 Å². The van der Waals surface area contributed by atoms with Gasteiger partial charge in [-0.1, -0.05) is 356 Å². The average molecular weight is 1350 g/mol. The molecule has 8 heteroatoms. The van der Waals surface area contributed by atoms with Gasteiger partial charge in [0, 0.05) is 56.1 Å². The van der Waals surface area contributed by atoms with Gasteiger partial charge in [0.25, 0.3) is 0 Å². The highest BCUT2D eigenvalue weighted by molar-refractivity contribution is 6.27. The molecule has 5 heterocycles. The van der Waals surface area contributed by atoms with E-state index in [0.717, 1.165) is 81.7 Å². The molecule has 2 N–H and O–H groups in total. The number of carbonyl (C=O) groups excluding carboxylic acids is 1. The van der Waals surface area contributed by atoms with Crippen molar-refractivity contribution in [1.29, 1.82) is 0 Å². The zero-order valence-electron chi connectivity index (χ0n) is 72.2. The minimum Gasteiger partial charge on any atom is -0.312 e. The number of hydrazine groups is 1. The maximum Gasteiger partial charge on any atom is 0.173 e. The fourth-order valence-corrected chi connectivity index (χ4v) is 5.84. The molecule has 9 rings (SSSR count). The largest absolute Gasteiger partial charge is 0.312 e. The predicted molar refractivity (Wildman–Crippen MR) is 468 cm³/mol. The third-order valence-corrected chi connectivity index (χ3v) is 9.39. The van der Waals surface area contributed by atoms with Gasteiger partial charge in [0.1, 0.15) is 0 Å². The summed E-state index contributed by atoms with van der Waals surface area (Å²) < 4.78 is 0. The average Bonchev–Trinajstić information content (AvgIpc) is 4.82. The van der Waals surface area contributed by atoms with E-state index >= 15 is 0 Å². The highest BCUT2D eigenvalue weighted by atomic mass is 16.1. The van der Waals surface area contributed by atoms with Crippen molar-refractivity contribution in [3.63, 3.8) is 0 Å². The molecule has 5 aliphatic heterocycles. The maximum absolute atomic E-state index is 10.3. The van der Waals surface area contributed by atoms with Gasteiger partial charge in [-0.05, 0) is 134 Å². The molecule has 4 aliphatic carbocycles. The number of hydrogen-bond acceptors (Lipinski definition) is 8. The SMILES string of the molecule is C.C1=NCCNN1.C=C1C=CCC1.C=C1C=CCCC1.C=C1C=NCC1.C=C1CCC=N1.C=C1CCCC1.C=C1CCCC=N1.C=C1CCCCC1.CC.CC.CC.CC.CC.CC.CC.CC.CC.CC.CC.CC.CC.CC.CC.CC.CC.CC.O=C1C=NCCC1. The van der Waals surface area contributed by atoms with Crippen molar-refractivity contribution in [3.8, 4) is 0 Å². The number of ketones is 1. The fourth-order valence-electron chi connectivity index (χ4n) is 5.84. The molecule has 0 unspecified atom stereocenters. The normalized spacial score (nSPS) is 13.7. The monoisotopic (exact) mass is 1350 g/mol. The van der Waals surface area contributed by atoms with E-state index in [9.17, 15) is 4.79 Å². The van der Waals surface area contributed by atoms with E-state index in [1.807, 2.05) is 268 Å². The van der Waals surface area contributed by atoms with E-state index in [2.05, 4.69) is 106 Å². The van der Waals surface area contributed by atoms with E-state index in [-0.39, 0.29) is 13.2 Å². The molecular weight excluding hydrogens is 1160 g/mol. The molecule has 0 saturated heterocycles. The van der Waals surface area contributed by atoms with Gasteiger partial charge in [-0.25, -0.2) is 5.43 Å². The van der Waals surface area contributed by atoms with Crippen LogP contribution in [0.4, 0.5) is 0 Å². The Morgan fingerprint density at radius 2 is 0.684 bits per heavy atom. The van der Waals surface area contributed by atoms with Crippen molar-refractivity contribution in [1.82, 2.24) is 10.9 Å². The number of rotatable bonds is 0. The molecule has 0 aromatic carbocycles. The zero-order valence-corrected chi connectivity index (χ0v) is 72.2. The zero-order chi connectivity index (χ0) is 78.3. The third kappa shape index (κ3) is 181. The Hall–Kier alpha value is -4.56. The molecule has 9 aliphatic rings. The Kier molecular flexibility index (Phi) is 277. The summed E-state index contributed by atoms with van der Waals surface area (Å²) in [6.45, 7) is 102. The summed E-state index contributed by atoms with van der Waals surface area (Å²) in [6.07, 6.45) is 43.9. The van der Waals surface area contributed by atoms with E-state index in [0.29, 0.717) is 6.42 Å². The fraction of sp³-hybridized carbons (Fsp3) is 0.724. The number of nitrogens with one attached hydrogen (secondary N) is 2. The van der Waals surface area contributed by atoms with Crippen molar-refractivity contribution in [3.05, 3.63) is 110 Å². The first-order valence-electron chi connectivity index (χ1n) is 39.7. The second-order valence-corrected chi connectivity index (χ2v) is 15.2. The van der Waals surface area contributed by atoms with E-state index < -0.39 is 0 Å². The molecule has 0 atom stereocenters. The lowest BCUT2D eigenvalue weighted by molar-refractivity contribution is -0.112.